The van der Waals surface area contributed by atoms with Crippen LogP contribution in [0.1, 0.15) is 11.4 Å². The molecular weight excluding hydrogens is 224 g/mol. The summed E-state index contributed by atoms with van der Waals surface area (Å²) in [6.07, 6.45) is 0.749. The number of fused-ring (bicyclic) bond motifs is 1. The Hall–Kier alpha value is -2.29. The SMILES string of the molecule is COc1ccccc1Cc1nc2ccccc2[nH]1. The molecule has 0 unspecified atom stereocenters. The van der Waals surface area contributed by atoms with Crippen molar-refractivity contribution in [3.05, 3.63) is 59.9 Å². The Morgan fingerprint density at radius 2 is 1.83 bits per heavy atom. The number of imidazole rings is 1. The maximum absolute atomic E-state index is 5.35. The lowest BCUT2D eigenvalue weighted by atomic mass is 10.1. The predicted octanol–water partition coefficient (Wildman–Crippen LogP) is 3.16. The van der Waals surface area contributed by atoms with Crippen molar-refractivity contribution in [2.75, 3.05) is 7.11 Å². The molecule has 0 amide bonds. The van der Waals surface area contributed by atoms with Crippen LogP contribution in [0.15, 0.2) is 48.5 Å². The quantitative estimate of drug-likeness (QED) is 0.761. The van der Waals surface area contributed by atoms with Crippen LogP contribution in [0.2, 0.25) is 0 Å². The Morgan fingerprint density at radius 1 is 1.06 bits per heavy atom. The van der Waals surface area contributed by atoms with E-state index in [9.17, 15) is 0 Å². The normalized spacial score (nSPS) is 10.7. The molecule has 1 N–H and O–H groups in total. The van der Waals surface area contributed by atoms with Gasteiger partial charge in [0.1, 0.15) is 11.6 Å². The number of methoxy groups -OCH3 is 1. The fraction of sp³-hybridized carbons (Fsp3) is 0.133. The molecule has 0 spiro atoms. The van der Waals surface area contributed by atoms with Gasteiger partial charge in [-0.1, -0.05) is 30.3 Å². The summed E-state index contributed by atoms with van der Waals surface area (Å²) in [6, 6.07) is 16.1. The first-order valence-corrected chi connectivity index (χ1v) is 5.92. The topological polar surface area (TPSA) is 37.9 Å². The van der Waals surface area contributed by atoms with Crippen LogP contribution in [0.3, 0.4) is 0 Å². The predicted molar refractivity (Wildman–Crippen MR) is 71.9 cm³/mol. The molecular formula is C15H14N2O. The summed E-state index contributed by atoms with van der Waals surface area (Å²) in [4.78, 5) is 7.90. The van der Waals surface area contributed by atoms with Gasteiger partial charge in [-0.2, -0.15) is 0 Å². The van der Waals surface area contributed by atoms with E-state index in [0.29, 0.717) is 0 Å². The third kappa shape index (κ3) is 1.95. The number of nitrogens with zero attached hydrogens (tertiary/aromatic N) is 1. The smallest absolute Gasteiger partial charge is 0.122 e. The van der Waals surface area contributed by atoms with E-state index >= 15 is 0 Å². The summed E-state index contributed by atoms with van der Waals surface area (Å²) in [5.74, 6) is 1.86. The molecule has 3 heteroatoms. The number of hydrogen-bond donors (Lipinski definition) is 1. The molecule has 0 saturated heterocycles. The lowest BCUT2D eigenvalue weighted by Gasteiger charge is -2.05. The number of nitrogens with one attached hydrogen (secondary N) is 1. The number of aromatic amines is 1. The van der Waals surface area contributed by atoms with Crippen molar-refractivity contribution >= 4 is 11.0 Å². The second-order valence-electron chi connectivity index (χ2n) is 4.19. The van der Waals surface area contributed by atoms with Crippen LogP contribution in [0.4, 0.5) is 0 Å². The van der Waals surface area contributed by atoms with Gasteiger partial charge in [-0.25, -0.2) is 4.98 Å². The molecule has 0 aliphatic heterocycles. The van der Waals surface area contributed by atoms with Gasteiger partial charge in [0.05, 0.1) is 18.1 Å². The van der Waals surface area contributed by atoms with Gasteiger partial charge in [0, 0.05) is 12.0 Å². The lowest BCUT2D eigenvalue weighted by Crippen LogP contribution is -1.94. The van der Waals surface area contributed by atoms with E-state index in [1.54, 1.807) is 7.11 Å². The molecule has 0 aliphatic carbocycles. The standard InChI is InChI=1S/C15H14N2O/c1-18-14-9-5-2-6-11(14)10-15-16-12-7-3-4-8-13(12)17-15/h2-9H,10H2,1H3,(H,16,17). The molecule has 0 aliphatic rings. The van der Waals surface area contributed by atoms with Crippen LogP contribution in [-0.2, 0) is 6.42 Å². The molecule has 0 saturated carbocycles. The van der Waals surface area contributed by atoms with Crippen molar-refractivity contribution < 1.29 is 4.74 Å². The third-order valence-electron chi connectivity index (χ3n) is 2.99. The molecule has 2 aromatic carbocycles. The first kappa shape index (κ1) is 10.8. The minimum Gasteiger partial charge on any atom is -0.496 e. The molecule has 0 atom stereocenters. The van der Waals surface area contributed by atoms with Crippen LogP contribution in [0, 0.1) is 0 Å². The number of aromatic nitrogens is 2. The van der Waals surface area contributed by atoms with Crippen LogP contribution in [0.25, 0.3) is 11.0 Å². The first-order chi connectivity index (χ1) is 8.86. The highest BCUT2D eigenvalue weighted by Gasteiger charge is 2.06. The van der Waals surface area contributed by atoms with Crippen molar-refractivity contribution in [3.63, 3.8) is 0 Å². The average Bonchev–Trinajstić information content (AvgIpc) is 2.81. The largest absolute Gasteiger partial charge is 0.496 e. The van der Waals surface area contributed by atoms with Crippen molar-refractivity contribution in [2.24, 2.45) is 0 Å². The Labute approximate surface area is 105 Å². The number of H-pyrrole nitrogens is 1. The van der Waals surface area contributed by atoms with Gasteiger partial charge in [-0.15, -0.1) is 0 Å². The average molecular weight is 238 g/mol. The van der Waals surface area contributed by atoms with E-state index in [2.05, 4.69) is 16.0 Å². The third-order valence-corrected chi connectivity index (χ3v) is 2.99. The molecule has 1 heterocycles. The maximum atomic E-state index is 5.35. The zero-order valence-corrected chi connectivity index (χ0v) is 10.2. The summed E-state index contributed by atoms with van der Waals surface area (Å²) < 4.78 is 5.35. The van der Waals surface area contributed by atoms with E-state index in [-0.39, 0.29) is 0 Å². The van der Waals surface area contributed by atoms with Gasteiger partial charge in [0.25, 0.3) is 0 Å². The maximum Gasteiger partial charge on any atom is 0.122 e. The minimum atomic E-state index is 0.749. The van der Waals surface area contributed by atoms with Crippen molar-refractivity contribution in [3.8, 4) is 5.75 Å². The Balaban J connectivity index is 1.96. The highest BCUT2D eigenvalue weighted by Crippen LogP contribution is 2.21. The van der Waals surface area contributed by atoms with Gasteiger partial charge in [-0.05, 0) is 18.2 Å². The van der Waals surface area contributed by atoms with E-state index in [4.69, 9.17) is 4.74 Å². The molecule has 0 radical (unpaired) electrons. The highest BCUT2D eigenvalue weighted by atomic mass is 16.5. The molecule has 3 rings (SSSR count). The van der Waals surface area contributed by atoms with Crippen molar-refractivity contribution in [2.45, 2.75) is 6.42 Å². The molecule has 0 fully saturated rings. The van der Waals surface area contributed by atoms with E-state index in [1.165, 1.54) is 0 Å². The van der Waals surface area contributed by atoms with Crippen molar-refractivity contribution in [1.29, 1.82) is 0 Å². The Kier molecular flexibility index (Phi) is 2.73. The van der Waals surface area contributed by atoms with E-state index in [0.717, 1.165) is 34.6 Å². The van der Waals surface area contributed by atoms with Crippen molar-refractivity contribution in [1.82, 2.24) is 9.97 Å². The Morgan fingerprint density at radius 3 is 2.67 bits per heavy atom. The monoisotopic (exact) mass is 238 g/mol. The summed E-state index contributed by atoms with van der Waals surface area (Å²) in [5.41, 5.74) is 3.21. The van der Waals surface area contributed by atoms with Gasteiger partial charge < -0.3 is 9.72 Å². The van der Waals surface area contributed by atoms with Gasteiger partial charge in [0.15, 0.2) is 0 Å². The number of para-hydroxylation sites is 3. The number of rotatable bonds is 3. The van der Waals surface area contributed by atoms with Crippen LogP contribution < -0.4 is 4.74 Å². The zero-order chi connectivity index (χ0) is 12.4. The van der Waals surface area contributed by atoms with Gasteiger partial charge in [-0.3, -0.25) is 0 Å². The van der Waals surface area contributed by atoms with Gasteiger partial charge >= 0.3 is 0 Å². The fourth-order valence-corrected chi connectivity index (χ4v) is 2.12. The summed E-state index contributed by atoms with van der Waals surface area (Å²) in [6.45, 7) is 0. The van der Waals surface area contributed by atoms with Crippen LogP contribution in [-0.4, -0.2) is 17.1 Å². The number of ether oxygens (including phenoxy) is 1. The van der Waals surface area contributed by atoms with E-state index in [1.807, 2.05) is 42.5 Å². The number of hydrogen-bond acceptors (Lipinski definition) is 2. The molecule has 90 valence electrons. The molecule has 1 aromatic heterocycles. The summed E-state index contributed by atoms with van der Waals surface area (Å²) in [7, 11) is 1.69. The number of benzene rings is 2. The molecule has 0 bridgehead atoms. The second kappa shape index (κ2) is 4.53. The second-order valence-corrected chi connectivity index (χ2v) is 4.19. The first-order valence-electron chi connectivity index (χ1n) is 5.92. The summed E-state index contributed by atoms with van der Waals surface area (Å²) >= 11 is 0. The molecule has 3 aromatic rings. The lowest BCUT2D eigenvalue weighted by molar-refractivity contribution is 0.410. The van der Waals surface area contributed by atoms with E-state index < -0.39 is 0 Å². The zero-order valence-electron chi connectivity index (χ0n) is 10.2. The minimum absolute atomic E-state index is 0.749. The fourth-order valence-electron chi connectivity index (χ4n) is 2.12. The van der Waals surface area contributed by atoms with Crippen LogP contribution >= 0.6 is 0 Å². The molecule has 18 heavy (non-hydrogen) atoms. The van der Waals surface area contributed by atoms with Gasteiger partial charge in [0.2, 0.25) is 0 Å². The summed E-state index contributed by atoms with van der Waals surface area (Å²) in [5, 5.41) is 0. The molecule has 3 nitrogen and oxygen atoms in total. The highest BCUT2D eigenvalue weighted by molar-refractivity contribution is 5.74. The Bertz CT molecular complexity index is 640. The van der Waals surface area contributed by atoms with Crippen LogP contribution in [0.5, 0.6) is 5.75 Å².